The quantitative estimate of drug-likeness (QED) is 0.906. The Morgan fingerprint density at radius 3 is 3.14 bits per heavy atom. The molecule has 2 N–H and O–H groups in total. The zero-order chi connectivity index (χ0) is 14.7. The van der Waals surface area contributed by atoms with Gasteiger partial charge in [-0.1, -0.05) is 18.0 Å². The monoisotopic (exact) mass is 324 g/mol. The molecule has 1 atom stereocenters. The summed E-state index contributed by atoms with van der Waals surface area (Å²) >= 11 is 7.28. The number of hydrogen-bond donors (Lipinski definition) is 2. The van der Waals surface area contributed by atoms with Gasteiger partial charge >= 0.3 is 0 Å². The zero-order valence-corrected chi connectivity index (χ0v) is 13.1. The molecule has 0 radical (unpaired) electrons. The van der Waals surface area contributed by atoms with Gasteiger partial charge in [0.2, 0.25) is 5.91 Å². The van der Waals surface area contributed by atoms with Crippen molar-refractivity contribution in [2.75, 3.05) is 11.9 Å². The predicted octanol–water partition coefficient (Wildman–Crippen LogP) is 3.21. The van der Waals surface area contributed by atoms with Crippen LogP contribution in [0.25, 0.3) is 11.0 Å². The van der Waals surface area contributed by atoms with Gasteiger partial charge in [0.15, 0.2) is 0 Å². The molecule has 1 saturated heterocycles. The van der Waals surface area contributed by atoms with Crippen LogP contribution in [0.3, 0.4) is 0 Å². The smallest absolute Gasteiger partial charge is 0.224 e. The molecule has 7 heteroatoms. The Hall–Kier alpha value is -1.24. The Bertz CT molecular complexity index is 639. The lowest BCUT2D eigenvalue weighted by atomic mass is 10.0. The van der Waals surface area contributed by atoms with Crippen LogP contribution in [-0.2, 0) is 4.79 Å². The van der Waals surface area contributed by atoms with Crippen molar-refractivity contribution in [3.8, 4) is 0 Å². The van der Waals surface area contributed by atoms with Gasteiger partial charge in [0.05, 0.1) is 22.4 Å². The Balaban J connectivity index is 1.63. The van der Waals surface area contributed by atoms with Gasteiger partial charge in [-0.2, -0.15) is 8.75 Å². The minimum absolute atomic E-state index is 0.0234. The van der Waals surface area contributed by atoms with Gasteiger partial charge in [0.25, 0.3) is 0 Å². The molecule has 5 nitrogen and oxygen atoms in total. The van der Waals surface area contributed by atoms with Crippen LogP contribution in [0.2, 0.25) is 5.02 Å². The van der Waals surface area contributed by atoms with Crippen LogP contribution in [0, 0.1) is 0 Å². The minimum Gasteiger partial charge on any atom is -0.323 e. The summed E-state index contributed by atoms with van der Waals surface area (Å²) in [6.45, 7) is 1.06. The third-order valence-corrected chi connectivity index (χ3v) is 4.63. The fourth-order valence-corrected chi connectivity index (χ4v) is 3.37. The van der Waals surface area contributed by atoms with Gasteiger partial charge in [-0.3, -0.25) is 4.79 Å². The highest BCUT2D eigenvalue weighted by Gasteiger charge is 2.16. The molecule has 0 bridgehead atoms. The second-order valence-electron chi connectivity index (χ2n) is 5.29. The van der Waals surface area contributed by atoms with Crippen molar-refractivity contribution in [3.63, 3.8) is 0 Å². The molecular weight excluding hydrogens is 308 g/mol. The van der Waals surface area contributed by atoms with Crippen LogP contribution in [0.5, 0.6) is 0 Å². The molecular formula is C14H17ClN4OS. The van der Waals surface area contributed by atoms with E-state index in [1.807, 2.05) is 6.07 Å². The van der Waals surface area contributed by atoms with E-state index in [4.69, 9.17) is 11.6 Å². The maximum atomic E-state index is 12.1. The summed E-state index contributed by atoms with van der Waals surface area (Å²) in [6.07, 6.45) is 4.97. The number of nitrogens with one attached hydrogen (secondary N) is 2. The Morgan fingerprint density at radius 1 is 1.43 bits per heavy atom. The van der Waals surface area contributed by atoms with E-state index in [1.54, 1.807) is 6.07 Å². The molecule has 0 spiro atoms. The van der Waals surface area contributed by atoms with Crippen LogP contribution in [-0.4, -0.2) is 27.2 Å². The summed E-state index contributed by atoms with van der Waals surface area (Å²) < 4.78 is 8.36. The van der Waals surface area contributed by atoms with Crippen molar-refractivity contribution in [3.05, 3.63) is 17.2 Å². The van der Waals surface area contributed by atoms with Crippen molar-refractivity contribution in [2.45, 2.75) is 38.1 Å². The first-order valence-corrected chi connectivity index (χ1v) is 8.29. The van der Waals surface area contributed by atoms with E-state index in [0.29, 0.717) is 28.7 Å². The summed E-state index contributed by atoms with van der Waals surface area (Å²) in [5.41, 5.74) is 2.00. The van der Waals surface area contributed by atoms with E-state index in [9.17, 15) is 4.79 Å². The summed E-state index contributed by atoms with van der Waals surface area (Å²) in [4.78, 5) is 12.1. The van der Waals surface area contributed by atoms with Crippen molar-refractivity contribution in [1.82, 2.24) is 14.1 Å². The number of amides is 1. The standard InChI is InChI=1S/C14H17ClN4OS/c15-10-5-6-11-14(19-21-18-11)13(10)17-12(20)7-4-9-3-1-2-8-16-9/h5-6,9,16H,1-4,7-8H2,(H,17,20). The number of anilines is 1. The molecule has 1 amide bonds. The number of halogens is 1. The van der Waals surface area contributed by atoms with E-state index in [-0.39, 0.29) is 5.91 Å². The zero-order valence-electron chi connectivity index (χ0n) is 11.6. The second kappa shape index (κ2) is 6.68. The summed E-state index contributed by atoms with van der Waals surface area (Å²) in [5, 5.41) is 6.83. The summed E-state index contributed by atoms with van der Waals surface area (Å²) in [7, 11) is 0. The molecule has 1 aromatic heterocycles. The number of benzene rings is 1. The maximum absolute atomic E-state index is 12.1. The number of hydrogen-bond acceptors (Lipinski definition) is 5. The van der Waals surface area contributed by atoms with Gasteiger partial charge in [0, 0.05) is 12.5 Å². The summed E-state index contributed by atoms with van der Waals surface area (Å²) in [5.74, 6) is -0.0234. The van der Waals surface area contributed by atoms with Crippen LogP contribution < -0.4 is 10.6 Å². The fraction of sp³-hybridized carbons (Fsp3) is 0.500. The number of carbonyl (C=O) groups excluding carboxylic acids is 1. The van der Waals surface area contributed by atoms with Crippen LogP contribution in [0.1, 0.15) is 32.1 Å². The summed E-state index contributed by atoms with van der Waals surface area (Å²) in [6, 6.07) is 4.00. The first-order valence-electron chi connectivity index (χ1n) is 7.18. The van der Waals surface area contributed by atoms with E-state index in [0.717, 1.165) is 36.6 Å². The molecule has 21 heavy (non-hydrogen) atoms. The van der Waals surface area contributed by atoms with Crippen LogP contribution in [0.4, 0.5) is 5.69 Å². The molecule has 1 aromatic carbocycles. The average Bonchev–Trinajstić information content (AvgIpc) is 2.98. The molecule has 2 heterocycles. The third-order valence-electron chi connectivity index (χ3n) is 3.77. The number of aromatic nitrogens is 2. The lowest BCUT2D eigenvalue weighted by molar-refractivity contribution is -0.116. The highest BCUT2D eigenvalue weighted by Crippen LogP contribution is 2.30. The Labute approximate surface area is 132 Å². The van der Waals surface area contributed by atoms with Crippen LogP contribution in [0.15, 0.2) is 12.1 Å². The first-order chi connectivity index (χ1) is 10.2. The molecule has 112 valence electrons. The van der Waals surface area contributed by atoms with E-state index in [1.165, 1.54) is 12.8 Å². The lowest BCUT2D eigenvalue weighted by Gasteiger charge is -2.23. The Morgan fingerprint density at radius 2 is 2.33 bits per heavy atom. The number of carbonyl (C=O) groups is 1. The van der Waals surface area contributed by atoms with Crippen molar-refractivity contribution in [1.29, 1.82) is 0 Å². The second-order valence-corrected chi connectivity index (χ2v) is 6.22. The van der Waals surface area contributed by atoms with E-state index in [2.05, 4.69) is 19.4 Å². The predicted molar refractivity (Wildman–Crippen MR) is 85.9 cm³/mol. The first kappa shape index (κ1) is 14.7. The molecule has 3 rings (SSSR count). The van der Waals surface area contributed by atoms with Gasteiger partial charge in [0.1, 0.15) is 11.0 Å². The van der Waals surface area contributed by atoms with Crippen molar-refractivity contribution >= 4 is 46.0 Å². The van der Waals surface area contributed by atoms with Crippen molar-refractivity contribution < 1.29 is 4.79 Å². The molecule has 1 aliphatic heterocycles. The molecule has 0 aliphatic carbocycles. The minimum atomic E-state index is -0.0234. The average molecular weight is 325 g/mol. The SMILES string of the molecule is O=C(CCC1CCCCN1)Nc1c(Cl)ccc2nsnc12. The van der Waals surface area contributed by atoms with Gasteiger partial charge in [-0.05, 0) is 37.9 Å². The highest BCUT2D eigenvalue weighted by molar-refractivity contribution is 7.00. The Kier molecular flexibility index (Phi) is 4.67. The highest BCUT2D eigenvalue weighted by atomic mass is 35.5. The topological polar surface area (TPSA) is 66.9 Å². The van der Waals surface area contributed by atoms with Crippen LogP contribution >= 0.6 is 23.3 Å². The molecule has 1 aliphatic rings. The number of rotatable bonds is 4. The number of fused-ring (bicyclic) bond motifs is 1. The normalized spacial score (nSPS) is 18.8. The third kappa shape index (κ3) is 3.51. The van der Waals surface area contributed by atoms with E-state index >= 15 is 0 Å². The van der Waals surface area contributed by atoms with Gasteiger partial charge in [-0.15, -0.1) is 0 Å². The number of piperidine rings is 1. The van der Waals surface area contributed by atoms with Gasteiger partial charge in [-0.25, -0.2) is 0 Å². The number of nitrogens with zero attached hydrogens (tertiary/aromatic N) is 2. The molecule has 2 aromatic rings. The maximum Gasteiger partial charge on any atom is 0.224 e. The van der Waals surface area contributed by atoms with Gasteiger partial charge < -0.3 is 10.6 Å². The lowest BCUT2D eigenvalue weighted by Crippen LogP contribution is -2.34. The van der Waals surface area contributed by atoms with Crippen molar-refractivity contribution in [2.24, 2.45) is 0 Å². The molecule has 1 unspecified atom stereocenters. The molecule has 1 fully saturated rings. The largest absolute Gasteiger partial charge is 0.323 e. The fourth-order valence-electron chi connectivity index (χ4n) is 2.62. The van der Waals surface area contributed by atoms with E-state index < -0.39 is 0 Å². The molecule has 0 saturated carbocycles.